The van der Waals surface area contributed by atoms with Crippen molar-refractivity contribution in [3.05, 3.63) is 29.8 Å². The molecule has 0 saturated carbocycles. The van der Waals surface area contributed by atoms with Gasteiger partial charge >= 0.3 is 6.18 Å². The van der Waals surface area contributed by atoms with Crippen LogP contribution in [0.5, 0.6) is 0 Å². The highest BCUT2D eigenvalue weighted by Gasteiger charge is 2.37. The minimum atomic E-state index is -4.55. The Morgan fingerprint density at radius 2 is 1.85 bits per heavy atom. The lowest BCUT2D eigenvalue weighted by Gasteiger charge is -2.15. The van der Waals surface area contributed by atoms with E-state index in [0.29, 0.717) is 0 Å². The van der Waals surface area contributed by atoms with Crippen molar-refractivity contribution < 1.29 is 18.3 Å². The highest BCUT2D eigenvalue weighted by molar-refractivity contribution is 7.99. The number of benzene rings is 1. The molecule has 0 amide bonds. The van der Waals surface area contributed by atoms with E-state index in [1.54, 1.807) is 12.1 Å². The summed E-state index contributed by atoms with van der Waals surface area (Å²) in [6, 6.07) is 7.58. The molecule has 0 heterocycles. The Bertz CT molecular complexity index is 394. The third-order valence-corrected chi connectivity index (χ3v) is 3.95. The molecule has 6 heteroatoms. The van der Waals surface area contributed by atoms with E-state index in [4.69, 9.17) is 5.11 Å². The Balaban J connectivity index is 2.50. The number of alkyl halides is 3. The van der Waals surface area contributed by atoms with Crippen molar-refractivity contribution >= 4 is 11.8 Å². The monoisotopic (exact) mass is 307 g/mol. The standard InChI is InChI=1S/C14H20F3NOS/c1-3-8-18-10(2)11-4-6-12(7-5-11)20-9-13(19)14(15,16)17/h4-7,10,13,18-19H,3,8-9H2,1-2H3. The first-order valence-electron chi connectivity index (χ1n) is 6.55. The molecule has 2 atom stereocenters. The van der Waals surface area contributed by atoms with Gasteiger partial charge in [-0.3, -0.25) is 0 Å². The van der Waals surface area contributed by atoms with Crippen LogP contribution < -0.4 is 5.32 Å². The molecule has 0 aliphatic carbocycles. The lowest BCUT2D eigenvalue weighted by Crippen LogP contribution is -2.30. The first kappa shape index (κ1) is 17.3. The van der Waals surface area contributed by atoms with Crippen molar-refractivity contribution in [1.82, 2.24) is 5.32 Å². The molecule has 0 aliphatic rings. The third kappa shape index (κ3) is 5.73. The highest BCUT2D eigenvalue weighted by Crippen LogP contribution is 2.27. The summed E-state index contributed by atoms with van der Waals surface area (Å²) < 4.78 is 36.5. The second-order valence-corrected chi connectivity index (χ2v) is 5.71. The first-order valence-corrected chi connectivity index (χ1v) is 7.54. The second-order valence-electron chi connectivity index (χ2n) is 4.61. The normalized spacial score (nSPS) is 15.1. The van der Waals surface area contributed by atoms with Gasteiger partial charge in [0.25, 0.3) is 0 Å². The minimum absolute atomic E-state index is 0.217. The highest BCUT2D eigenvalue weighted by atomic mass is 32.2. The fourth-order valence-electron chi connectivity index (χ4n) is 1.60. The molecule has 20 heavy (non-hydrogen) atoms. The van der Waals surface area contributed by atoms with E-state index >= 15 is 0 Å². The summed E-state index contributed by atoms with van der Waals surface area (Å²) in [6.07, 6.45) is -5.78. The Morgan fingerprint density at radius 1 is 1.25 bits per heavy atom. The van der Waals surface area contributed by atoms with Gasteiger partial charge in [0.15, 0.2) is 6.10 Å². The zero-order valence-electron chi connectivity index (χ0n) is 11.6. The molecule has 1 rings (SSSR count). The molecule has 0 spiro atoms. The van der Waals surface area contributed by atoms with Gasteiger partial charge < -0.3 is 10.4 Å². The van der Waals surface area contributed by atoms with Crippen LogP contribution in [0.4, 0.5) is 13.2 Å². The molecule has 0 radical (unpaired) electrons. The van der Waals surface area contributed by atoms with E-state index in [2.05, 4.69) is 12.2 Å². The van der Waals surface area contributed by atoms with Crippen molar-refractivity contribution in [3.8, 4) is 0 Å². The van der Waals surface area contributed by atoms with Gasteiger partial charge in [0.1, 0.15) is 0 Å². The predicted octanol–water partition coefficient (Wildman–Crippen LogP) is 3.76. The van der Waals surface area contributed by atoms with Crippen LogP contribution in [0.3, 0.4) is 0 Å². The van der Waals surface area contributed by atoms with E-state index < -0.39 is 12.3 Å². The van der Waals surface area contributed by atoms with Gasteiger partial charge in [0.05, 0.1) is 0 Å². The second kappa shape index (κ2) is 7.90. The largest absolute Gasteiger partial charge is 0.415 e. The van der Waals surface area contributed by atoms with Crippen molar-refractivity contribution in [3.63, 3.8) is 0 Å². The van der Waals surface area contributed by atoms with Gasteiger partial charge in [-0.25, -0.2) is 0 Å². The maximum Gasteiger partial charge on any atom is 0.415 e. The van der Waals surface area contributed by atoms with Gasteiger partial charge in [-0.1, -0.05) is 19.1 Å². The molecular formula is C14H20F3NOS. The molecule has 1 aromatic carbocycles. The van der Waals surface area contributed by atoms with E-state index in [-0.39, 0.29) is 11.8 Å². The van der Waals surface area contributed by atoms with Crippen LogP contribution in [0.15, 0.2) is 29.2 Å². The maximum absolute atomic E-state index is 12.2. The van der Waals surface area contributed by atoms with Crippen molar-refractivity contribution in [2.75, 3.05) is 12.3 Å². The summed E-state index contributed by atoms with van der Waals surface area (Å²) in [5, 5.41) is 12.3. The van der Waals surface area contributed by atoms with E-state index in [0.717, 1.165) is 35.2 Å². The summed E-state index contributed by atoms with van der Waals surface area (Å²) in [5.74, 6) is -0.382. The molecule has 0 aromatic heterocycles. The summed E-state index contributed by atoms with van der Waals surface area (Å²) in [5.41, 5.74) is 1.10. The van der Waals surface area contributed by atoms with Gasteiger partial charge in [0.2, 0.25) is 0 Å². The first-order chi connectivity index (χ1) is 9.34. The number of halogens is 3. The molecule has 0 bridgehead atoms. The van der Waals surface area contributed by atoms with Crippen LogP contribution in [0.1, 0.15) is 31.9 Å². The Kier molecular flexibility index (Phi) is 6.85. The predicted molar refractivity (Wildman–Crippen MR) is 75.9 cm³/mol. The van der Waals surface area contributed by atoms with Gasteiger partial charge in [0, 0.05) is 16.7 Å². The number of rotatable bonds is 7. The molecule has 0 saturated heterocycles. The number of aliphatic hydroxyl groups is 1. The molecule has 2 N–H and O–H groups in total. The quantitative estimate of drug-likeness (QED) is 0.752. The number of thioether (sulfide) groups is 1. The van der Waals surface area contributed by atoms with Crippen LogP contribution in [-0.2, 0) is 0 Å². The smallest absolute Gasteiger partial charge is 0.383 e. The summed E-state index contributed by atoms with van der Waals surface area (Å²) >= 11 is 1.00. The molecule has 0 fully saturated rings. The van der Waals surface area contributed by atoms with Crippen molar-refractivity contribution in [2.45, 2.75) is 43.5 Å². The zero-order valence-corrected chi connectivity index (χ0v) is 12.4. The van der Waals surface area contributed by atoms with E-state index in [9.17, 15) is 13.2 Å². The summed E-state index contributed by atoms with van der Waals surface area (Å²) in [6.45, 7) is 5.06. The fraction of sp³-hybridized carbons (Fsp3) is 0.571. The number of aliphatic hydroxyl groups excluding tert-OH is 1. The van der Waals surface area contributed by atoms with Gasteiger partial charge in [-0.05, 0) is 37.6 Å². The van der Waals surface area contributed by atoms with Crippen LogP contribution in [0.25, 0.3) is 0 Å². The van der Waals surface area contributed by atoms with Crippen molar-refractivity contribution in [2.24, 2.45) is 0 Å². The van der Waals surface area contributed by atoms with Crippen LogP contribution in [0, 0.1) is 0 Å². The Labute approximate surface area is 121 Å². The Morgan fingerprint density at radius 3 is 2.35 bits per heavy atom. The molecule has 0 aliphatic heterocycles. The van der Waals surface area contributed by atoms with Gasteiger partial charge in [-0.2, -0.15) is 13.2 Å². The lowest BCUT2D eigenvalue weighted by atomic mass is 10.1. The zero-order chi connectivity index (χ0) is 15.2. The number of hydrogen-bond acceptors (Lipinski definition) is 3. The molecule has 2 unspecified atom stereocenters. The van der Waals surface area contributed by atoms with Gasteiger partial charge in [-0.15, -0.1) is 11.8 Å². The lowest BCUT2D eigenvalue weighted by molar-refractivity contribution is -0.195. The van der Waals surface area contributed by atoms with Crippen LogP contribution >= 0.6 is 11.8 Å². The van der Waals surface area contributed by atoms with E-state index in [1.165, 1.54) is 0 Å². The van der Waals surface area contributed by atoms with E-state index in [1.807, 2.05) is 19.1 Å². The fourth-order valence-corrected chi connectivity index (χ4v) is 2.47. The number of nitrogens with one attached hydrogen (secondary N) is 1. The molecule has 1 aromatic rings. The topological polar surface area (TPSA) is 32.3 Å². The molecule has 2 nitrogen and oxygen atoms in total. The van der Waals surface area contributed by atoms with Crippen LogP contribution in [0.2, 0.25) is 0 Å². The Hall–Kier alpha value is -0.720. The van der Waals surface area contributed by atoms with Crippen molar-refractivity contribution in [1.29, 1.82) is 0 Å². The molecular weight excluding hydrogens is 287 g/mol. The average Bonchev–Trinajstić information content (AvgIpc) is 2.41. The maximum atomic E-state index is 12.2. The average molecular weight is 307 g/mol. The third-order valence-electron chi connectivity index (χ3n) is 2.87. The van der Waals surface area contributed by atoms with Crippen LogP contribution in [-0.4, -0.2) is 29.7 Å². The number of hydrogen-bond donors (Lipinski definition) is 2. The summed E-state index contributed by atoms with van der Waals surface area (Å²) in [4.78, 5) is 0.722. The minimum Gasteiger partial charge on any atom is -0.383 e. The summed E-state index contributed by atoms with van der Waals surface area (Å²) in [7, 11) is 0. The molecule has 114 valence electrons. The SMILES string of the molecule is CCCNC(C)c1ccc(SCC(O)C(F)(F)F)cc1.